The van der Waals surface area contributed by atoms with Crippen LogP contribution in [0.15, 0.2) is 4.99 Å². The Morgan fingerprint density at radius 3 is 2.53 bits per heavy atom. The van der Waals surface area contributed by atoms with Crippen LogP contribution in [-0.2, 0) is 4.74 Å². The van der Waals surface area contributed by atoms with Crippen LogP contribution in [0.1, 0.15) is 25.7 Å². The molecule has 110 valence electrons. The van der Waals surface area contributed by atoms with Gasteiger partial charge < -0.3 is 15.4 Å². The van der Waals surface area contributed by atoms with Crippen molar-refractivity contribution in [3.63, 3.8) is 0 Å². The Bertz CT molecular complexity index is 336. The van der Waals surface area contributed by atoms with Crippen LogP contribution in [0.3, 0.4) is 0 Å². The standard InChI is InChI=1S/C13H24N4O.HI/c1-16(11-2-3-11)12(14)15-10-13(4-5-13)17-6-8-18-9-7-17;/h11H,2-10H2,1H3,(H2,14,15);1H. The van der Waals surface area contributed by atoms with E-state index in [0.29, 0.717) is 11.6 Å². The monoisotopic (exact) mass is 380 g/mol. The maximum atomic E-state index is 6.06. The van der Waals surface area contributed by atoms with Gasteiger partial charge in [0.2, 0.25) is 0 Å². The highest BCUT2D eigenvalue weighted by molar-refractivity contribution is 14.0. The molecule has 6 heteroatoms. The van der Waals surface area contributed by atoms with E-state index >= 15 is 0 Å². The van der Waals surface area contributed by atoms with Gasteiger partial charge in [-0.3, -0.25) is 9.89 Å². The summed E-state index contributed by atoms with van der Waals surface area (Å²) in [6.07, 6.45) is 5.05. The van der Waals surface area contributed by atoms with E-state index < -0.39 is 0 Å². The number of hydrogen-bond donors (Lipinski definition) is 1. The lowest BCUT2D eigenvalue weighted by Crippen LogP contribution is -2.47. The van der Waals surface area contributed by atoms with Gasteiger partial charge in [0.25, 0.3) is 0 Å². The van der Waals surface area contributed by atoms with Crippen molar-refractivity contribution in [2.75, 3.05) is 39.9 Å². The van der Waals surface area contributed by atoms with Crippen molar-refractivity contribution in [3.8, 4) is 0 Å². The number of nitrogens with two attached hydrogens (primary N) is 1. The second-order valence-electron chi connectivity index (χ2n) is 5.84. The average molecular weight is 380 g/mol. The zero-order valence-electron chi connectivity index (χ0n) is 11.7. The van der Waals surface area contributed by atoms with Crippen molar-refractivity contribution in [2.45, 2.75) is 37.3 Å². The highest BCUT2D eigenvalue weighted by Gasteiger charge is 2.48. The molecule has 3 rings (SSSR count). The molecule has 0 unspecified atom stereocenters. The molecule has 19 heavy (non-hydrogen) atoms. The molecule has 3 aliphatic rings. The summed E-state index contributed by atoms with van der Waals surface area (Å²) in [4.78, 5) is 9.31. The van der Waals surface area contributed by atoms with Gasteiger partial charge in [-0.2, -0.15) is 0 Å². The number of guanidine groups is 1. The quantitative estimate of drug-likeness (QED) is 0.447. The smallest absolute Gasteiger partial charge is 0.191 e. The van der Waals surface area contributed by atoms with Crippen LogP contribution < -0.4 is 5.73 Å². The van der Waals surface area contributed by atoms with Crippen molar-refractivity contribution in [2.24, 2.45) is 10.7 Å². The van der Waals surface area contributed by atoms with E-state index in [0.717, 1.165) is 38.8 Å². The largest absolute Gasteiger partial charge is 0.379 e. The van der Waals surface area contributed by atoms with Crippen molar-refractivity contribution in [1.29, 1.82) is 0 Å². The fourth-order valence-corrected chi connectivity index (χ4v) is 2.74. The number of morpholine rings is 1. The minimum Gasteiger partial charge on any atom is -0.379 e. The fourth-order valence-electron chi connectivity index (χ4n) is 2.74. The molecular formula is C13H25IN4O. The van der Waals surface area contributed by atoms with Crippen LogP contribution in [-0.4, -0.2) is 67.2 Å². The second kappa shape index (κ2) is 6.13. The molecule has 0 spiro atoms. The molecule has 0 aromatic heterocycles. The number of halogens is 1. The summed E-state index contributed by atoms with van der Waals surface area (Å²) < 4.78 is 5.42. The van der Waals surface area contributed by atoms with Gasteiger partial charge in [-0.15, -0.1) is 24.0 Å². The lowest BCUT2D eigenvalue weighted by molar-refractivity contribution is 0.0117. The highest BCUT2D eigenvalue weighted by atomic mass is 127. The van der Waals surface area contributed by atoms with Gasteiger partial charge in [0.15, 0.2) is 5.96 Å². The molecule has 5 nitrogen and oxygen atoms in total. The third-order valence-electron chi connectivity index (χ3n) is 4.50. The van der Waals surface area contributed by atoms with Gasteiger partial charge >= 0.3 is 0 Å². The van der Waals surface area contributed by atoms with Crippen LogP contribution in [0.2, 0.25) is 0 Å². The second-order valence-corrected chi connectivity index (χ2v) is 5.84. The molecule has 1 heterocycles. The SMILES string of the molecule is CN(C(N)=NCC1(N2CCOCC2)CC1)C1CC1.I. The van der Waals surface area contributed by atoms with Gasteiger partial charge in [0.05, 0.1) is 19.8 Å². The van der Waals surface area contributed by atoms with Crippen LogP contribution in [0.5, 0.6) is 0 Å². The number of aliphatic imine (C=N–C) groups is 1. The maximum absolute atomic E-state index is 6.06. The topological polar surface area (TPSA) is 54.1 Å². The summed E-state index contributed by atoms with van der Waals surface area (Å²) >= 11 is 0. The molecule has 1 saturated heterocycles. The first kappa shape index (κ1) is 15.3. The van der Waals surface area contributed by atoms with Gasteiger partial charge in [-0.1, -0.05) is 0 Å². The number of nitrogens with zero attached hydrogens (tertiary/aromatic N) is 3. The summed E-state index contributed by atoms with van der Waals surface area (Å²) in [6.45, 7) is 4.68. The first-order valence-corrected chi connectivity index (χ1v) is 7.07. The zero-order chi connectivity index (χ0) is 12.6. The fraction of sp³-hybridized carbons (Fsp3) is 0.923. The Morgan fingerprint density at radius 1 is 1.37 bits per heavy atom. The molecular weight excluding hydrogens is 355 g/mol. The molecule has 2 saturated carbocycles. The lowest BCUT2D eigenvalue weighted by atomic mass is 10.2. The number of hydrogen-bond acceptors (Lipinski definition) is 3. The van der Waals surface area contributed by atoms with Crippen molar-refractivity contribution < 1.29 is 4.74 Å². The molecule has 0 amide bonds. The first-order valence-electron chi connectivity index (χ1n) is 7.07. The normalized spacial score (nSPS) is 26.7. The molecule has 0 aromatic rings. The molecule has 0 bridgehead atoms. The van der Waals surface area contributed by atoms with E-state index in [1.807, 2.05) is 0 Å². The van der Waals surface area contributed by atoms with Gasteiger partial charge in [0.1, 0.15) is 0 Å². The average Bonchev–Trinajstić information content (AvgIpc) is 3.30. The Balaban J connectivity index is 0.00000133. The van der Waals surface area contributed by atoms with E-state index in [4.69, 9.17) is 10.5 Å². The first-order chi connectivity index (χ1) is 8.71. The summed E-state index contributed by atoms with van der Waals surface area (Å²) in [5, 5.41) is 0. The van der Waals surface area contributed by atoms with Crippen molar-refractivity contribution in [3.05, 3.63) is 0 Å². The summed E-state index contributed by atoms with van der Waals surface area (Å²) in [6, 6.07) is 0.646. The molecule has 0 aromatic carbocycles. The Morgan fingerprint density at radius 2 is 2.00 bits per heavy atom. The Kier molecular flexibility index (Phi) is 4.94. The third kappa shape index (κ3) is 3.52. The van der Waals surface area contributed by atoms with Crippen LogP contribution >= 0.6 is 24.0 Å². The summed E-state index contributed by atoms with van der Waals surface area (Å²) in [5.74, 6) is 0.719. The van der Waals surface area contributed by atoms with E-state index in [9.17, 15) is 0 Å². The number of rotatable bonds is 4. The maximum Gasteiger partial charge on any atom is 0.191 e. The van der Waals surface area contributed by atoms with E-state index in [-0.39, 0.29) is 24.0 Å². The minimum atomic E-state index is 0. The molecule has 1 aliphatic heterocycles. The Labute approximate surface area is 132 Å². The van der Waals surface area contributed by atoms with Gasteiger partial charge in [-0.25, -0.2) is 0 Å². The van der Waals surface area contributed by atoms with Crippen molar-refractivity contribution in [1.82, 2.24) is 9.80 Å². The molecule has 0 radical (unpaired) electrons. The van der Waals surface area contributed by atoms with E-state index in [1.54, 1.807) is 0 Å². The molecule has 2 N–H and O–H groups in total. The molecule has 2 aliphatic carbocycles. The van der Waals surface area contributed by atoms with Gasteiger partial charge in [-0.05, 0) is 25.7 Å². The summed E-state index contributed by atoms with van der Waals surface area (Å²) in [7, 11) is 2.06. The lowest BCUT2D eigenvalue weighted by Gasteiger charge is -2.34. The summed E-state index contributed by atoms with van der Waals surface area (Å²) in [5.41, 5.74) is 6.36. The number of ether oxygens (including phenoxy) is 1. The highest BCUT2D eigenvalue weighted by Crippen LogP contribution is 2.42. The predicted molar refractivity (Wildman–Crippen MR) is 87.0 cm³/mol. The predicted octanol–water partition coefficient (Wildman–Crippen LogP) is 0.878. The van der Waals surface area contributed by atoms with Crippen LogP contribution in [0, 0.1) is 0 Å². The van der Waals surface area contributed by atoms with Crippen molar-refractivity contribution >= 4 is 29.9 Å². The van der Waals surface area contributed by atoms with Gasteiger partial charge in [0, 0.05) is 31.7 Å². The van der Waals surface area contributed by atoms with Crippen LogP contribution in [0.25, 0.3) is 0 Å². The van der Waals surface area contributed by atoms with E-state index in [1.165, 1.54) is 25.7 Å². The minimum absolute atomic E-state index is 0. The third-order valence-corrected chi connectivity index (χ3v) is 4.50. The molecule has 3 fully saturated rings. The molecule has 0 atom stereocenters. The zero-order valence-corrected chi connectivity index (χ0v) is 14.0. The Hall–Kier alpha value is -0.0800. The van der Waals surface area contributed by atoms with Crippen LogP contribution in [0.4, 0.5) is 0 Å². The van der Waals surface area contributed by atoms with E-state index in [2.05, 4.69) is 21.8 Å².